The average molecular weight is 187 g/mol. The summed E-state index contributed by atoms with van der Waals surface area (Å²) in [5, 5.41) is 6.20. The number of alkyl halides is 3. The zero-order valence-corrected chi connectivity index (χ0v) is 6.26. The van der Waals surface area contributed by atoms with Gasteiger partial charge in [0.1, 0.15) is 0 Å². The molecule has 0 spiro atoms. The molecule has 6 heteroatoms. The lowest BCUT2D eigenvalue weighted by molar-refractivity contribution is -0.116. The molecule has 0 rings (SSSR count). The molecule has 0 bridgehead atoms. The van der Waals surface area contributed by atoms with Crippen molar-refractivity contribution in [1.82, 2.24) is 0 Å². The van der Waals surface area contributed by atoms with E-state index in [-0.39, 0.29) is 0 Å². The largest absolute Gasteiger partial charge is 0.307 e. The Bertz CT molecular complexity index is 166. The molecular weight excluding hydrogens is 186 g/mol. The Hall–Kier alpha value is -0.0800. The van der Waals surface area contributed by atoms with Crippen LogP contribution >= 0.6 is 34.8 Å². The Kier molecular flexibility index (Phi) is 3.15. The highest BCUT2D eigenvalue weighted by Gasteiger charge is 2.29. The first-order chi connectivity index (χ1) is 3.98. The molecule has 50 valence electrons. The topological polar surface area (TPSA) is 53.3 Å². The van der Waals surface area contributed by atoms with Crippen molar-refractivity contribution in [2.75, 3.05) is 0 Å². The van der Waals surface area contributed by atoms with Gasteiger partial charge < -0.3 is 0 Å². The smallest absolute Gasteiger partial charge is 0.267 e. The molecule has 0 aliphatic carbocycles. The minimum Gasteiger partial charge on any atom is -0.267 e. The number of carbonyl (C=O) groups excluding carboxylic acids is 1. The number of aliphatic imine (C=N–C) groups is 1. The van der Waals surface area contributed by atoms with Gasteiger partial charge in [-0.3, -0.25) is 4.79 Å². The van der Waals surface area contributed by atoms with Crippen LogP contribution in [0, 0.1) is 5.41 Å². The molecule has 0 aliphatic heterocycles. The number of hydrogen-bond donors (Lipinski definition) is 1. The van der Waals surface area contributed by atoms with Gasteiger partial charge in [0.05, 0.1) is 6.01 Å². The van der Waals surface area contributed by atoms with Crippen molar-refractivity contribution in [3.63, 3.8) is 0 Å². The van der Waals surface area contributed by atoms with Gasteiger partial charge >= 0.3 is 5.91 Å². The predicted molar refractivity (Wildman–Crippen MR) is 35.5 cm³/mol. The van der Waals surface area contributed by atoms with Gasteiger partial charge in [0.2, 0.25) is 0 Å². The van der Waals surface area contributed by atoms with Crippen molar-refractivity contribution in [3.8, 4) is 0 Å². The molecule has 0 saturated heterocycles. The molecule has 0 unspecified atom stereocenters. The van der Waals surface area contributed by atoms with Crippen LogP contribution in [-0.2, 0) is 4.79 Å². The van der Waals surface area contributed by atoms with Crippen molar-refractivity contribution >= 4 is 46.7 Å². The third-order valence-corrected chi connectivity index (χ3v) is 0.885. The van der Waals surface area contributed by atoms with E-state index < -0.39 is 9.70 Å². The van der Waals surface area contributed by atoms with Crippen molar-refractivity contribution in [2.24, 2.45) is 4.99 Å². The van der Waals surface area contributed by atoms with Gasteiger partial charge in [-0.05, 0) is 0 Å². The van der Waals surface area contributed by atoms with Gasteiger partial charge in [0.15, 0.2) is 0 Å². The second-order valence-electron chi connectivity index (χ2n) is 1.03. The SMILES string of the molecule is N=C=NC(=O)C(Cl)(Cl)Cl. The van der Waals surface area contributed by atoms with Gasteiger partial charge in [-0.25, -0.2) is 5.41 Å². The quantitative estimate of drug-likeness (QED) is 0.455. The van der Waals surface area contributed by atoms with E-state index in [1.807, 2.05) is 0 Å². The fourth-order valence-electron chi connectivity index (χ4n) is 0.114. The fourth-order valence-corrected chi connectivity index (χ4v) is 0.241. The summed E-state index contributed by atoms with van der Waals surface area (Å²) in [6.07, 6.45) is 0. The van der Waals surface area contributed by atoms with E-state index in [0.29, 0.717) is 0 Å². The van der Waals surface area contributed by atoms with E-state index in [2.05, 4.69) is 4.99 Å². The van der Waals surface area contributed by atoms with E-state index in [0.717, 1.165) is 0 Å². The van der Waals surface area contributed by atoms with Crippen LogP contribution in [0.5, 0.6) is 0 Å². The Labute approximate surface area is 66.1 Å². The highest BCUT2D eigenvalue weighted by atomic mass is 35.6. The molecule has 0 atom stereocenters. The maximum Gasteiger partial charge on any atom is 0.307 e. The minimum atomic E-state index is -2.06. The molecule has 1 amide bonds. The summed E-state index contributed by atoms with van der Waals surface area (Å²) in [6, 6.07) is 1.45. The number of halogens is 3. The number of amides is 1. The normalized spacial score (nSPS) is 10.1. The zero-order chi connectivity index (χ0) is 7.49. The third kappa shape index (κ3) is 3.49. The first-order valence-electron chi connectivity index (χ1n) is 1.72. The average Bonchev–Trinajstić information content (AvgIpc) is 1.64. The van der Waals surface area contributed by atoms with Crippen molar-refractivity contribution < 1.29 is 4.79 Å². The van der Waals surface area contributed by atoms with E-state index in [9.17, 15) is 4.79 Å². The molecule has 0 radical (unpaired) electrons. The first kappa shape index (κ1) is 8.92. The summed E-state index contributed by atoms with van der Waals surface area (Å²) in [7, 11) is 0. The van der Waals surface area contributed by atoms with Gasteiger partial charge in [0.25, 0.3) is 3.79 Å². The van der Waals surface area contributed by atoms with Crippen LogP contribution in [0.15, 0.2) is 4.99 Å². The Morgan fingerprint density at radius 1 is 1.56 bits per heavy atom. The molecule has 0 aromatic rings. The molecule has 1 N–H and O–H groups in total. The minimum absolute atomic E-state index is 1.01. The lowest BCUT2D eigenvalue weighted by atomic mass is 10.7. The lowest BCUT2D eigenvalue weighted by Gasteiger charge is -2.00. The van der Waals surface area contributed by atoms with Crippen molar-refractivity contribution in [2.45, 2.75) is 3.79 Å². The Morgan fingerprint density at radius 2 is 2.00 bits per heavy atom. The molecule has 0 saturated carbocycles. The number of nitrogens with zero attached hydrogens (tertiary/aromatic N) is 1. The lowest BCUT2D eigenvalue weighted by Crippen LogP contribution is -2.15. The van der Waals surface area contributed by atoms with E-state index in [4.69, 9.17) is 40.2 Å². The van der Waals surface area contributed by atoms with Crippen LogP contribution in [0.4, 0.5) is 0 Å². The van der Waals surface area contributed by atoms with E-state index >= 15 is 0 Å². The van der Waals surface area contributed by atoms with Crippen LogP contribution in [0.2, 0.25) is 0 Å². The molecule has 0 aliphatic rings. The second kappa shape index (κ2) is 3.18. The Balaban J connectivity index is 4.22. The summed E-state index contributed by atoms with van der Waals surface area (Å²) >= 11 is 15.1. The summed E-state index contributed by atoms with van der Waals surface area (Å²) in [5.41, 5.74) is 0. The highest BCUT2D eigenvalue weighted by Crippen LogP contribution is 2.26. The molecular formula is C3HCl3N2O. The number of nitrogens with one attached hydrogen (secondary N) is 1. The van der Waals surface area contributed by atoms with Crippen LogP contribution in [-0.4, -0.2) is 15.7 Å². The van der Waals surface area contributed by atoms with Crippen LogP contribution in [0.25, 0.3) is 0 Å². The molecule has 9 heavy (non-hydrogen) atoms. The fraction of sp³-hybridized carbons (Fsp3) is 0.333. The van der Waals surface area contributed by atoms with E-state index in [1.54, 1.807) is 0 Å². The van der Waals surface area contributed by atoms with Crippen LogP contribution in [0.3, 0.4) is 0 Å². The number of carbonyl (C=O) groups is 1. The monoisotopic (exact) mass is 186 g/mol. The zero-order valence-electron chi connectivity index (χ0n) is 3.99. The molecule has 0 heterocycles. The molecule has 0 aromatic carbocycles. The van der Waals surface area contributed by atoms with Gasteiger partial charge in [-0.15, -0.1) is 4.99 Å². The van der Waals surface area contributed by atoms with Crippen molar-refractivity contribution in [1.29, 1.82) is 5.41 Å². The molecule has 3 nitrogen and oxygen atoms in total. The summed E-state index contributed by atoms with van der Waals surface area (Å²) < 4.78 is -2.06. The van der Waals surface area contributed by atoms with Gasteiger partial charge in [-0.2, -0.15) is 0 Å². The highest BCUT2D eigenvalue weighted by molar-refractivity contribution is 6.76. The molecule has 0 fully saturated rings. The van der Waals surface area contributed by atoms with E-state index in [1.165, 1.54) is 6.01 Å². The predicted octanol–water partition coefficient (Wildman–Crippen LogP) is 1.64. The van der Waals surface area contributed by atoms with Gasteiger partial charge in [-0.1, -0.05) is 34.8 Å². The maximum absolute atomic E-state index is 10.3. The maximum atomic E-state index is 10.3. The molecule has 0 aromatic heterocycles. The van der Waals surface area contributed by atoms with Crippen LogP contribution < -0.4 is 0 Å². The summed E-state index contributed by atoms with van der Waals surface area (Å²) in [4.78, 5) is 13.1. The summed E-state index contributed by atoms with van der Waals surface area (Å²) in [6.45, 7) is 0. The second-order valence-corrected chi connectivity index (χ2v) is 3.31. The summed E-state index contributed by atoms with van der Waals surface area (Å²) in [5.74, 6) is -1.01. The first-order valence-corrected chi connectivity index (χ1v) is 2.85. The van der Waals surface area contributed by atoms with Crippen LogP contribution in [0.1, 0.15) is 0 Å². The van der Waals surface area contributed by atoms with Crippen molar-refractivity contribution in [3.05, 3.63) is 0 Å². The number of hydrogen-bond acceptors (Lipinski definition) is 2. The number of rotatable bonds is 0. The standard InChI is InChI=1S/C3HCl3N2O/c4-3(5,6)2(9)8-1-7/h7H. The third-order valence-electron chi connectivity index (χ3n) is 0.400. The van der Waals surface area contributed by atoms with Gasteiger partial charge in [0, 0.05) is 0 Å². The Morgan fingerprint density at radius 3 is 2.11 bits per heavy atom.